The normalized spacial score (nSPS) is 12.9. The van der Waals surface area contributed by atoms with Gasteiger partial charge in [0.15, 0.2) is 5.82 Å². The summed E-state index contributed by atoms with van der Waals surface area (Å²) in [6, 6.07) is 0. The maximum absolute atomic E-state index is 9.61. The first-order chi connectivity index (χ1) is 8.19. The summed E-state index contributed by atoms with van der Waals surface area (Å²) in [5, 5.41) is 16.3. The van der Waals surface area contributed by atoms with Crippen molar-refractivity contribution in [2.75, 3.05) is 6.54 Å². The van der Waals surface area contributed by atoms with E-state index < -0.39 is 6.10 Å². The van der Waals surface area contributed by atoms with Crippen molar-refractivity contribution in [1.29, 1.82) is 0 Å². The van der Waals surface area contributed by atoms with Crippen LogP contribution in [0.4, 0.5) is 0 Å². The molecule has 1 unspecified atom stereocenters. The van der Waals surface area contributed by atoms with Crippen molar-refractivity contribution in [3.8, 4) is 0 Å². The Morgan fingerprint density at radius 2 is 2.35 bits per heavy atom. The molecule has 0 saturated carbocycles. The maximum Gasteiger partial charge on any atom is 0.255 e. The number of hydrogen-bond acceptors (Lipinski definition) is 7. The number of aryl methyl sites for hydroxylation is 1. The van der Waals surface area contributed by atoms with Gasteiger partial charge in [-0.2, -0.15) is 4.98 Å². The smallest absolute Gasteiger partial charge is 0.255 e. The van der Waals surface area contributed by atoms with Gasteiger partial charge in [-0.05, 0) is 19.9 Å². The molecule has 0 aliphatic rings. The fourth-order valence-electron chi connectivity index (χ4n) is 1.38. The molecule has 0 spiro atoms. The van der Waals surface area contributed by atoms with E-state index in [1.54, 1.807) is 11.3 Å². The van der Waals surface area contributed by atoms with Crippen LogP contribution in [0, 0.1) is 6.92 Å². The largest absolute Gasteiger partial charge is 0.383 e. The molecule has 0 aliphatic carbocycles. The Bertz CT molecular complexity index is 482. The third kappa shape index (κ3) is 3.09. The molecule has 0 aromatic carbocycles. The first-order valence-electron chi connectivity index (χ1n) is 5.30. The molecule has 92 valence electrons. The molecule has 0 aliphatic heterocycles. The lowest BCUT2D eigenvalue weighted by Crippen LogP contribution is -2.07. The van der Waals surface area contributed by atoms with Gasteiger partial charge in [0.25, 0.3) is 5.89 Å². The highest BCUT2D eigenvalue weighted by Crippen LogP contribution is 2.16. The maximum atomic E-state index is 9.61. The van der Waals surface area contributed by atoms with Crippen LogP contribution in [0.15, 0.2) is 9.90 Å². The predicted octanol–water partition coefficient (Wildman–Crippen LogP) is 0.808. The van der Waals surface area contributed by atoms with Crippen molar-refractivity contribution in [2.24, 2.45) is 5.73 Å². The van der Waals surface area contributed by atoms with Gasteiger partial charge >= 0.3 is 0 Å². The third-order valence-electron chi connectivity index (χ3n) is 2.18. The van der Waals surface area contributed by atoms with Gasteiger partial charge in [0.05, 0.1) is 6.42 Å². The fourth-order valence-corrected chi connectivity index (χ4v) is 2.14. The molecule has 2 rings (SSSR count). The van der Waals surface area contributed by atoms with Crippen molar-refractivity contribution in [3.63, 3.8) is 0 Å². The van der Waals surface area contributed by atoms with Gasteiger partial charge in [-0.1, -0.05) is 5.16 Å². The van der Waals surface area contributed by atoms with Gasteiger partial charge in [0.2, 0.25) is 0 Å². The summed E-state index contributed by atoms with van der Waals surface area (Å²) in [5.74, 6) is 0.754. The zero-order valence-corrected chi connectivity index (χ0v) is 10.3. The van der Waals surface area contributed by atoms with Crippen molar-refractivity contribution >= 4 is 11.3 Å². The molecule has 1 atom stereocenters. The second-order valence-corrected chi connectivity index (χ2v) is 4.64. The summed E-state index contributed by atoms with van der Waals surface area (Å²) in [4.78, 5) is 8.43. The molecule has 2 aromatic heterocycles. The van der Waals surface area contributed by atoms with Crippen LogP contribution in [0.25, 0.3) is 0 Å². The van der Waals surface area contributed by atoms with Crippen LogP contribution in [0.1, 0.15) is 34.9 Å². The van der Waals surface area contributed by atoms with E-state index in [4.69, 9.17) is 10.3 Å². The first-order valence-corrected chi connectivity index (χ1v) is 6.18. The number of nitrogens with two attached hydrogens (primary N) is 1. The van der Waals surface area contributed by atoms with Gasteiger partial charge < -0.3 is 15.4 Å². The summed E-state index contributed by atoms with van der Waals surface area (Å²) in [6.07, 6.45) is 0.161. The van der Waals surface area contributed by atoms with Crippen molar-refractivity contribution < 1.29 is 9.63 Å². The number of thiazole rings is 1. The number of rotatable bonds is 5. The molecule has 0 radical (unpaired) electrons. The Hall–Kier alpha value is -1.31. The molecule has 0 bridgehead atoms. The Kier molecular flexibility index (Phi) is 3.82. The number of hydrogen-bond donors (Lipinski definition) is 2. The van der Waals surface area contributed by atoms with Crippen LogP contribution in [0.2, 0.25) is 0 Å². The minimum absolute atomic E-state index is 0.221. The number of aliphatic hydroxyl groups is 1. The average molecular weight is 254 g/mol. The van der Waals surface area contributed by atoms with E-state index >= 15 is 0 Å². The monoisotopic (exact) mass is 254 g/mol. The lowest BCUT2D eigenvalue weighted by atomic mass is 10.2. The molecule has 2 heterocycles. The number of aromatic nitrogens is 3. The number of aliphatic hydroxyl groups excluding tert-OH is 1. The molecule has 17 heavy (non-hydrogen) atoms. The van der Waals surface area contributed by atoms with Crippen LogP contribution >= 0.6 is 11.3 Å². The predicted molar refractivity (Wildman–Crippen MR) is 62.6 cm³/mol. The Morgan fingerprint density at radius 3 is 3.00 bits per heavy atom. The lowest BCUT2D eigenvalue weighted by molar-refractivity contribution is 0.127. The summed E-state index contributed by atoms with van der Waals surface area (Å²) < 4.78 is 4.97. The Labute approximate surface area is 102 Å². The Morgan fingerprint density at radius 1 is 1.53 bits per heavy atom. The van der Waals surface area contributed by atoms with Crippen LogP contribution in [-0.4, -0.2) is 26.8 Å². The second kappa shape index (κ2) is 5.35. The molecule has 7 heteroatoms. The lowest BCUT2D eigenvalue weighted by Gasteiger charge is -2.00. The molecule has 0 fully saturated rings. The molecule has 0 saturated heterocycles. The van der Waals surface area contributed by atoms with Gasteiger partial charge in [0.1, 0.15) is 11.1 Å². The zero-order valence-electron chi connectivity index (χ0n) is 9.46. The van der Waals surface area contributed by atoms with Crippen LogP contribution in [0.5, 0.6) is 0 Å². The third-order valence-corrected chi connectivity index (χ3v) is 3.15. The van der Waals surface area contributed by atoms with Crippen molar-refractivity contribution in [3.05, 3.63) is 27.8 Å². The Balaban J connectivity index is 2.03. The summed E-state index contributed by atoms with van der Waals surface area (Å²) in [7, 11) is 0. The standard InChI is InChI=1S/C10H14N4O2S/c1-6-5-17-9(12-6)4-8-13-10(16-14-8)7(15)2-3-11/h5,7,15H,2-4,11H2,1H3. The van der Waals surface area contributed by atoms with Crippen LogP contribution in [-0.2, 0) is 6.42 Å². The van der Waals surface area contributed by atoms with E-state index in [0.717, 1.165) is 10.7 Å². The van der Waals surface area contributed by atoms with E-state index in [0.29, 0.717) is 25.2 Å². The second-order valence-electron chi connectivity index (χ2n) is 3.70. The topological polar surface area (TPSA) is 98.1 Å². The highest BCUT2D eigenvalue weighted by Gasteiger charge is 2.15. The van der Waals surface area contributed by atoms with Crippen molar-refractivity contribution in [2.45, 2.75) is 25.9 Å². The number of nitrogens with zero attached hydrogens (tertiary/aromatic N) is 3. The molecule has 2 aromatic rings. The molecular weight excluding hydrogens is 240 g/mol. The van der Waals surface area contributed by atoms with Gasteiger partial charge in [-0.3, -0.25) is 0 Å². The van der Waals surface area contributed by atoms with Crippen LogP contribution in [0.3, 0.4) is 0 Å². The highest BCUT2D eigenvalue weighted by molar-refractivity contribution is 7.09. The highest BCUT2D eigenvalue weighted by atomic mass is 32.1. The van der Waals surface area contributed by atoms with E-state index in [1.807, 2.05) is 12.3 Å². The van der Waals surface area contributed by atoms with Crippen LogP contribution < -0.4 is 5.73 Å². The molecular formula is C10H14N4O2S. The minimum Gasteiger partial charge on any atom is -0.383 e. The molecule has 6 nitrogen and oxygen atoms in total. The summed E-state index contributed by atoms with van der Waals surface area (Å²) in [5.41, 5.74) is 6.32. The summed E-state index contributed by atoms with van der Waals surface area (Å²) >= 11 is 1.56. The SMILES string of the molecule is Cc1csc(Cc2noc(C(O)CCN)n2)n1. The van der Waals surface area contributed by atoms with Gasteiger partial charge in [0, 0.05) is 11.1 Å². The van der Waals surface area contributed by atoms with Gasteiger partial charge in [-0.15, -0.1) is 11.3 Å². The van der Waals surface area contributed by atoms with Gasteiger partial charge in [-0.25, -0.2) is 4.98 Å². The average Bonchev–Trinajstić information content (AvgIpc) is 2.89. The van der Waals surface area contributed by atoms with Crippen molar-refractivity contribution in [1.82, 2.24) is 15.1 Å². The van der Waals surface area contributed by atoms with E-state index in [9.17, 15) is 5.11 Å². The van der Waals surface area contributed by atoms with E-state index in [1.165, 1.54) is 0 Å². The van der Waals surface area contributed by atoms with E-state index in [2.05, 4.69) is 15.1 Å². The fraction of sp³-hybridized carbons (Fsp3) is 0.500. The molecule has 3 N–H and O–H groups in total. The minimum atomic E-state index is -0.778. The molecule has 0 amide bonds. The first kappa shape index (κ1) is 12.2. The quantitative estimate of drug-likeness (QED) is 0.819. The van der Waals surface area contributed by atoms with E-state index in [-0.39, 0.29) is 5.89 Å². The zero-order chi connectivity index (χ0) is 12.3. The summed E-state index contributed by atoms with van der Waals surface area (Å²) in [6.45, 7) is 2.32.